The molecule has 2 unspecified atom stereocenters. The Bertz CT molecular complexity index is 532. The van der Waals surface area contributed by atoms with Gasteiger partial charge < -0.3 is 5.32 Å². The molecule has 2 aromatic rings. The van der Waals surface area contributed by atoms with Crippen LogP contribution in [0.5, 0.6) is 0 Å². The summed E-state index contributed by atoms with van der Waals surface area (Å²) in [6.45, 7) is 0. The summed E-state index contributed by atoms with van der Waals surface area (Å²) in [5, 5.41) is 3.48. The van der Waals surface area contributed by atoms with Crippen LogP contribution < -0.4 is 5.32 Å². The molecule has 19 heavy (non-hydrogen) atoms. The van der Waals surface area contributed by atoms with E-state index in [2.05, 4.69) is 67.0 Å². The van der Waals surface area contributed by atoms with Crippen molar-refractivity contribution in [1.29, 1.82) is 0 Å². The second-order valence-corrected chi connectivity index (χ2v) is 5.54. The molecule has 0 amide bonds. The molecule has 98 valence electrons. The molecule has 1 N–H and O–H groups in total. The predicted molar refractivity (Wildman–Crippen MR) is 80.2 cm³/mol. The quantitative estimate of drug-likeness (QED) is 0.876. The minimum absolute atomic E-state index is 0.513. The van der Waals surface area contributed by atoms with Crippen LogP contribution in [0.2, 0.25) is 0 Å². The van der Waals surface area contributed by atoms with E-state index in [4.69, 9.17) is 0 Å². The van der Waals surface area contributed by atoms with E-state index in [1.54, 1.807) is 0 Å². The zero-order valence-electron chi connectivity index (χ0n) is 11.5. The Morgan fingerprint density at radius 1 is 1.00 bits per heavy atom. The maximum absolute atomic E-state index is 3.48. The van der Waals surface area contributed by atoms with Gasteiger partial charge in [0.15, 0.2) is 0 Å². The first-order valence-corrected chi connectivity index (χ1v) is 7.16. The normalized spacial score (nSPS) is 21.9. The summed E-state index contributed by atoms with van der Waals surface area (Å²) >= 11 is 0. The Hall–Kier alpha value is -1.60. The minimum atomic E-state index is 0.513. The van der Waals surface area contributed by atoms with Crippen LogP contribution in [0, 0.1) is 5.92 Å². The fraction of sp³-hybridized carbons (Fsp3) is 0.333. The third-order valence-corrected chi connectivity index (χ3v) is 4.22. The van der Waals surface area contributed by atoms with Crippen molar-refractivity contribution in [3.05, 3.63) is 71.3 Å². The molecule has 0 radical (unpaired) electrons. The summed E-state index contributed by atoms with van der Waals surface area (Å²) in [7, 11) is 2.08. The standard InChI is InChI=1S/C18H21N/c1-19-18-13-15(11-14-7-3-2-4-8-14)12-16-9-5-6-10-17(16)18/h2-10,15,18-19H,11-13H2,1H3. The highest BCUT2D eigenvalue weighted by Crippen LogP contribution is 2.34. The van der Waals surface area contributed by atoms with Gasteiger partial charge in [-0.3, -0.25) is 0 Å². The van der Waals surface area contributed by atoms with Crippen molar-refractivity contribution in [2.24, 2.45) is 5.92 Å². The number of benzene rings is 2. The van der Waals surface area contributed by atoms with E-state index in [9.17, 15) is 0 Å². The van der Waals surface area contributed by atoms with Gasteiger partial charge in [-0.1, -0.05) is 54.6 Å². The maximum atomic E-state index is 3.48. The number of rotatable bonds is 3. The van der Waals surface area contributed by atoms with Crippen LogP contribution in [0.4, 0.5) is 0 Å². The molecule has 0 aromatic heterocycles. The van der Waals surface area contributed by atoms with Gasteiger partial charge in [0.25, 0.3) is 0 Å². The third kappa shape index (κ3) is 2.71. The summed E-state index contributed by atoms with van der Waals surface area (Å²) < 4.78 is 0. The fourth-order valence-corrected chi connectivity index (χ4v) is 3.29. The molecule has 1 aliphatic rings. The molecular weight excluding hydrogens is 230 g/mol. The maximum Gasteiger partial charge on any atom is 0.0323 e. The van der Waals surface area contributed by atoms with Gasteiger partial charge in [-0.2, -0.15) is 0 Å². The SMILES string of the molecule is CNC1CC(Cc2ccccc2)Cc2ccccc21. The highest BCUT2D eigenvalue weighted by molar-refractivity contribution is 5.33. The summed E-state index contributed by atoms with van der Waals surface area (Å²) in [4.78, 5) is 0. The smallest absolute Gasteiger partial charge is 0.0323 e. The lowest BCUT2D eigenvalue weighted by Crippen LogP contribution is -2.27. The predicted octanol–water partition coefficient (Wildman–Crippen LogP) is 3.75. The molecule has 1 heteroatoms. The minimum Gasteiger partial charge on any atom is -0.313 e. The van der Waals surface area contributed by atoms with Crippen molar-refractivity contribution in [2.75, 3.05) is 7.05 Å². The summed E-state index contributed by atoms with van der Waals surface area (Å²) in [6, 6.07) is 20.3. The fourth-order valence-electron chi connectivity index (χ4n) is 3.29. The molecular formula is C18H21N. The first-order chi connectivity index (χ1) is 9.36. The largest absolute Gasteiger partial charge is 0.313 e. The Labute approximate surface area is 115 Å². The molecule has 1 aliphatic carbocycles. The third-order valence-electron chi connectivity index (χ3n) is 4.22. The average molecular weight is 251 g/mol. The summed E-state index contributed by atoms with van der Waals surface area (Å²) in [5.74, 6) is 0.745. The molecule has 2 aromatic carbocycles. The number of nitrogens with one attached hydrogen (secondary N) is 1. The molecule has 0 heterocycles. The molecule has 1 nitrogen and oxygen atoms in total. The zero-order valence-corrected chi connectivity index (χ0v) is 11.5. The molecule has 0 fully saturated rings. The van der Waals surface area contributed by atoms with Crippen molar-refractivity contribution in [3.8, 4) is 0 Å². The van der Waals surface area contributed by atoms with Gasteiger partial charge in [-0.15, -0.1) is 0 Å². The van der Waals surface area contributed by atoms with Gasteiger partial charge in [0, 0.05) is 6.04 Å². The van der Waals surface area contributed by atoms with Gasteiger partial charge in [0.2, 0.25) is 0 Å². The first kappa shape index (κ1) is 12.4. The van der Waals surface area contributed by atoms with E-state index >= 15 is 0 Å². The Morgan fingerprint density at radius 2 is 1.74 bits per heavy atom. The highest BCUT2D eigenvalue weighted by Gasteiger charge is 2.25. The second kappa shape index (κ2) is 5.58. The van der Waals surface area contributed by atoms with Gasteiger partial charge >= 0.3 is 0 Å². The lowest BCUT2D eigenvalue weighted by Gasteiger charge is -2.31. The van der Waals surface area contributed by atoms with E-state index in [0.717, 1.165) is 5.92 Å². The Kier molecular flexibility index (Phi) is 3.65. The van der Waals surface area contributed by atoms with Gasteiger partial charge in [-0.05, 0) is 48.9 Å². The molecule has 0 aliphatic heterocycles. The van der Waals surface area contributed by atoms with Crippen molar-refractivity contribution >= 4 is 0 Å². The zero-order chi connectivity index (χ0) is 13.1. The van der Waals surface area contributed by atoms with Crippen LogP contribution >= 0.6 is 0 Å². The van der Waals surface area contributed by atoms with E-state index < -0.39 is 0 Å². The van der Waals surface area contributed by atoms with E-state index in [1.165, 1.54) is 36.0 Å². The summed E-state index contributed by atoms with van der Waals surface area (Å²) in [6.07, 6.45) is 3.64. The highest BCUT2D eigenvalue weighted by atomic mass is 14.9. The van der Waals surface area contributed by atoms with Crippen LogP contribution in [-0.4, -0.2) is 7.05 Å². The van der Waals surface area contributed by atoms with Crippen LogP contribution in [0.15, 0.2) is 54.6 Å². The van der Waals surface area contributed by atoms with Crippen LogP contribution in [0.25, 0.3) is 0 Å². The van der Waals surface area contributed by atoms with Crippen LogP contribution in [-0.2, 0) is 12.8 Å². The van der Waals surface area contributed by atoms with Crippen LogP contribution in [0.1, 0.15) is 29.2 Å². The molecule has 0 bridgehead atoms. The van der Waals surface area contributed by atoms with Crippen molar-refractivity contribution in [2.45, 2.75) is 25.3 Å². The monoisotopic (exact) mass is 251 g/mol. The Morgan fingerprint density at radius 3 is 2.53 bits per heavy atom. The van der Waals surface area contributed by atoms with Gasteiger partial charge in [-0.25, -0.2) is 0 Å². The number of hydrogen-bond acceptors (Lipinski definition) is 1. The van der Waals surface area contributed by atoms with Crippen molar-refractivity contribution < 1.29 is 0 Å². The van der Waals surface area contributed by atoms with Gasteiger partial charge in [0.05, 0.1) is 0 Å². The topological polar surface area (TPSA) is 12.0 Å². The number of hydrogen-bond donors (Lipinski definition) is 1. The molecule has 2 atom stereocenters. The lowest BCUT2D eigenvalue weighted by atomic mass is 9.78. The van der Waals surface area contributed by atoms with Crippen molar-refractivity contribution in [3.63, 3.8) is 0 Å². The van der Waals surface area contributed by atoms with E-state index in [1.807, 2.05) is 0 Å². The number of fused-ring (bicyclic) bond motifs is 1. The molecule has 0 saturated carbocycles. The molecule has 0 spiro atoms. The van der Waals surface area contributed by atoms with Crippen LogP contribution in [0.3, 0.4) is 0 Å². The van der Waals surface area contributed by atoms with E-state index in [-0.39, 0.29) is 0 Å². The second-order valence-electron chi connectivity index (χ2n) is 5.54. The van der Waals surface area contributed by atoms with Gasteiger partial charge in [0.1, 0.15) is 0 Å². The molecule has 0 saturated heterocycles. The molecule has 3 rings (SSSR count). The van der Waals surface area contributed by atoms with E-state index in [0.29, 0.717) is 6.04 Å². The van der Waals surface area contributed by atoms with Crippen molar-refractivity contribution in [1.82, 2.24) is 5.32 Å². The lowest BCUT2D eigenvalue weighted by molar-refractivity contribution is 0.373. The summed E-state index contributed by atoms with van der Waals surface area (Å²) in [5.41, 5.74) is 4.48. The Balaban J connectivity index is 1.80. The first-order valence-electron chi connectivity index (χ1n) is 7.16. The average Bonchev–Trinajstić information content (AvgIpc) is 2.47.